The van der Waals surface area contributed by atoms with E-state index in [0.29, 0.717) is 29.6 Å². The summed E-state index contributed by atoms with van der Waals surface area (Å²) < 4.78 is 5.46. The van der Waals surface area contributed by atoms with Crippen LogP contribution in [0.4, 0.5) is 11.4 Å². The summed E-state index contributed by atoms with van der Waals surface area (Å²) in [6.45, 7) is 0.805. The van der Waals surface area contributed by atoms with Gasteiger partial charge in [0.05, 0.1) is 31.0 Å². The second-order valence-electron chi connectivity index (χ2n) is 4.56. The molecule has 2 rings (SSSR count). The Morgan fingerprint density at radius 2 is 1.86 bits per heavy atom. The number of hydrogen-bond acceptors (Lipinski definition) is 3. The van der Waals surface area contributed by atoms with Gasteiger partial charge in [-0.15, -0.1) is 0 Å². The zero-order valence-corrected chi connectivity index (χ0v) is 12.3. The van der Waals surface area contributed by atoms with Gasteiger partial charge in [-0.25, -0.2) is 0 Å². The first-order chi connectivity index (χ1) is 10.1. The number of carbonyl (C=O) groups is 1. The number of rotatable bonds is 6. The first-order valence-corrected chi connectivity index (χ1v) is 6.99. The minimum Gasteiger partial charge on any atom is -0.397 e. The second kappa shape index (κ2) is 7.67. The van der Waals surface area contributed by atoms with Crippen molar-refractivity contribution in [2.75, 3.05) is 17.7 Å². The number of nitrogen functional groups attached to an aromatic ring is 1. The SMILES string of the molecule is Nc1ccccc1NC(=O)CCOCc1ccc(Cl)cc1. The van der Waals surface area contributed by atoms with Crippen LogP contribution in [-0.4, -0.2) is 12.5 Å². The fraction of sp³-hybridized carbons (Fsp3) is 0.188. The molecule has 4 nitrogen and oxygen atoms in total. The predicted octanol–water partition coefficient (Wildman–Crippen LogP) is 3.47. The highest BCUT2D eigenvalue weighted by atomic mass is 35.5. The van der Waals surface area contributed by atoms with Crippen molar-refractivity contribution in [2.45, 2.75) is 13.0 Å². The zero-order valence-electron chi connectivity index (χ0n) is 11.5. The van der Waals surface area contributed by atoms with Crippen molar-refractivity contribution < 1.29 is 9.53 Å². The van der Waals surface area contributed by atoms with Crippen molar-refractivity contribution in [3.05, 3.63) is 59.1 Å². The maximum absolute atomic E-state index is 11.8. The van der Waals surface area contributed by atoms with Crippen LogP contribution in [0.25, 0.3) is 0 Å². The van der Waals surface area contributed by atoms with Gasteiger partial charge in [-0.05, 0) is 29.8 Å². The van der Waals surface area contributed by atoms with Crippen LogP contribution >= 0.6 is 11.6 Å². The number of para-hydroxylation sites is 2. The second-order valence-corrected chi connectivity index (χ2v) is 5.00. The topological polar surface area (TPSA) is 64.3 Å². The fourth-order valence-corrected chi connectivity index (χ4v) is 1.89. The summed E-state index contributed by atoms with van der Waals surface area (Å²) in [6, 6.07) is 14.6. The lowest BCUT2D eigenvalue weighted by atomic mass is 10.2. The Bertz CT molecular complexity index is 599. The molecule has 0 fully saturated rings. The lowest BCUT2D eigenvalue weighted by Crippen LogP contribution is -2.15. The van der Waals surface area contributed by atoms with E-state index >= 15 is 0 Å². The van der Waals surface area contributed by atoms with Crippen LogP contribution in [-0.2, 0) is 16.1 Å². The third-order valence-corrected chi connectivity index (χ3v) is 3.14. The number of amides is 1. The molecule has 0 spiro atoms. The molecule has 5 heteroatoms. The van der Waals surface area contributed by atoms with Crippen LogP contribution in [0.5, 0.6) is 0 Å². The van der Waals surface area contributed by atoms with Crippen molar-refractivity contribution in [2.24, 2.45) is 0 Å². The molecule has 0 saturated carbocycles. The van der Waals surface area contributed by atoms with Crippen LogP contribution in [0, 0.1) is 0 Å². The summed E-state index contributed by atoms with van der Waals surface area (Å²) in [5, 5.41) is 3.45. The van der Waals surface area contributed by atoms with Crippen LogP contribution < -0.4 is 11.1 Å². The molecule has 0 saturated heterocycles. The number of carbonyl (C=O) groups excluding carboxylic acids is 1. The van der Waals surface area contributed by atoms with E-state index in [1.54, 1.807) is 12.1 Å². The molecule has 0 aliphatic heterocycles. The molecule has 1 amide bonds. The van der Waals surface area contributed by atoms with E-state index in [9.17, 15) is 4.79 Å². The van der Waals surface area contributed by atoms with Gasteiger partial charge in [-0.1, -0.05) is 35.9 Å². The molecule has 0 unspecified atom stereocenters. The van der Waals surface area contributed by atoms with Crippen molar-refractivity contribution in [1.82, 2.24) is 0 Å². The summed E-state index contributed by atoms with van der Waals surface area (Å²) >= 11 is 5.80. The highest BCUT2D eigenvalue weighted by Gasteiger charge is 2.04. The molecule has 2 aromatic carbocycles. The van der Waals surface area contributed by atoms with Crippen molar-refractivity contribution in [1.29, 1.82) is 0 Å². The molecule has 0 aliphatic carbocycles. The quantitative estimate of drug-likeness (QED) is 0.634. The predicted molar refractivity (Wildman–Crippen MR) is 85.2 cm³/mol. The molecule has 21 heavy (non-hydrogen) atoms. The molecule has 2 aromatic rings. The van der Waals surface area contributed by atoms with E-state index < -0.39 is 0 Å². The van der Waals surface area contributed by atoms with Crippen LogP contribution in [0.2, 0.25) is 5.02 Å². The average molecular weight is 305 g/mol. The minimum absolute atomic E-state index is 0.121. The minimum atomic E-state index is -0.121. The monoisotopic (exact) mass is 304 g/mol. The summed E-state index contributed by atoms with van der Waals surface area (Å²) in [6.07, 6.45) is 0.280. The average Bonchev–Trinajstić information content (AvgIpc) is 2.48. The van der Waals surface area contributed by atoms with Gasteiger partial charge in [-0.3, -0.25) is 4.79 Å². The largest absolute Gasteiger partial charge is 0.397 e. The van der Waals surface area contributed by atoms with E-state index in [4.69, 9.17) is 22.1 Å². The first-order valence-electron chi connectivity index (χ1n) is 6.61. The first kappa shape index (κ1) is 15.4. The molecule has 0 heterocycles. The van der Waals surface area contributed by atoms with Crippen LogP contribution in [0.1, 0.15) is 12.0 Å². The number of halogens is 1. The van der Waals surface area contributed by atoms with Crippen molar-refractivity contribution >= 4 is 28.9 Å². The lowest BCUT2D eigenvalue weighted by molar-refractivity contribution is -0.117. The van der Waals surface area contributed by atoms with Gasteiger partial charge >= 0.3 is 0 Å². The standard InChI is InChI=1S/C16H17ClN2O2/c17-13-7-5-12(6-8-13)11-21-10-9-16(20)19-15-4-2-1-3-14(15)18/h1-8H,9-11,18H2,(H,19,20). The normalized spacial score (nSPS) is 10.3. The number of benzene rings is 2. The van der Waals surface area contributed by atoms with Crippen molar-refractivity contribution in [3.63, 3.8) is 0 Å². The Morgan fingerprint density at radius 3 is 2.57 bits per heavy atom. The summed E-state index contributed by atoms with van der Waals surface area (Å²) in [5.74, 6) is -0.121. The smallest absolute Gasteiger partial charge is 0.226 e. The highest BCUT2D eigenvalue weighted by Crippen LogP contribution is 2.16. The number of hydrogen-bond donors (Lipinski definition) is 2. The van der Waals surface area contributed by atoms with Crippen molar-refractivity contribution in [3.8, 4) is 0 Å². The van der Waals surface area contributed by atoms with Gasteiger partial charge in [0.2, 0.25) is 5.91 Å². The van der Waals surface area contributed by atoms with E-state index in [2.05, 4.69) is 5.32 Å². The van der Waals surface area contributed by atoms with Crippen LogP contribution in [0.15, 0.2) is 48.5 Å². The van der Waals surface area contributed by atoms with Gasteiger partial charge in [-0.2, -0.15) is 0 Å². The Hall–Kier alpha value is -2.04. The maximum Gasteiger partial charge on any atom is 0.226 e. The Morgan fingerprint density at radius 1 is 1.14 bits per heavy atom. The number of nitrogens with one attached hydrogen (secondary N) is 1. The summed E-state index contributed by atoms with van der Waals surface area (Å²) in [7, 11) is 0. The van der Waals surface area contributed by atoms with E-state index in [1.807, 2.05) is 36.4 Å². The van der Waals surface area contributed by atoms with Gasteiger partial charge < -0.3 is 15.8 Å². The maximum atomic E-state index is 11.8. The highest BCUT2D eigenvalue weighted by molar-refractivity contribution is 6.30. The zero-order chi connectivity index (χ0) is 15.1. The Labute approximate surface area is 128 Å². The fourth-order valence-electron chi connectivity index (χ4n) is 1.76. The number of anilines is 2. The third kappa shape index (κ3) is 5.10. The Kier molecular flexibility index (Phi) is 5.60. The molecule has 3 N–H and O–H groups in total. The molecular formula is C16H17ClN2O2. The van der Waals surface area contributed by atoms with Gasteiger partial charge in [0.1, 0.15) is 0 Å². The molecular weight excluding hydrogens is 288 g/mol. The van der Waals surface area contributed by atoms with E-state index in [0.717, 1.165) is 5.56 Å². The summed E-state index contributed by atoms with van der Waals surface area (Å²) in [5.41, 5.74) is 7.95. The van der Waals surface area contributed by atoms with Crippen LogP contribution in [0.3, 0.4) is 0 Å². The van der Waals surface area contributed by atoms with Gasteiger partial charge in [0.25, 0.3) is 0 Å². The molecule has 0 bridgehead atoms. The number of ether oxygens (including phenoxy) is 1. The third-order valence-electron chi connectivity index (χ3n) is 2.89. The Balaban J connectivity index is 1.70. The molecule has 0 aliphatic rings. The van der Waals surface area contributed by atoms with Gasteiger partial charge in [0, 0.05) is 5.02 Å². The molecule has 110 valence electrons. The molecule has 0 radical (unpaired) electrons. The van der Waals surface area contributed by atoms with Gasteiger partial charge in [0.15, 0.2) is 0 Å². The summed E-state index contributed by atoms with van der Waals surface area (Å²) in [4.78, 5) is 11.8. The molecule has 0 atom stereocenters. The van der Waals surface area contributed by atoms with E-state index in [1.165, 1.54) is 0 Å². The molecule has 0 aromatic heterocycles. The van der Waals surface area contributed by atoms with E-state index in [-0.39, 0.29) is 12.3 Å². The lowest BCUT2D eigenvalue weighted by Gasteiger charge is -2.08. The number of nitrogens with two attached hydrogens (primary N) is 1.